The number of anilines is 2. The summed E-state index contributed by atoms with van der Waals surface area (Å²) in [6.07, 6.45) is 4.36. The second-order valence-electron chi connectivity index (χ2n) is 6.21. The molecule has 0 bridgehead atoms. The highest BCUT2D eigenvalue weighted by molar-refractivity contribution is 7.15. The highest BCUT2D eigenvalue weighted by Gasteiger charge is 2.44. The van der Waals surface area contributed by atoms with Gasteiger partial charge < -0.3 is 15.0 Å². The SMILES string of the molecule is Cc1nnc(N2C[C@H](C(=O)Nc3cccnc3)[C@@H]3CCO[C@@H]3C2)s1. The fraction of sp³-hybridized carbons (Fsp3) is 0.500. The van der Waals surface area contributed by atoms with Crippen LogP contribution in [0.25, 0.3) is 0 Å². The Morgan fingerprint density at radius 1 is 1.42 bits per heavy atom. The van der Waals surface area contributed by atoms with Crippen LogP contribution in [-0.4, -0.2) is 46.9 Å². The molecule has 1 N–H and O–H groups in total. The Bertz CT molecular complexity index is 722. The van der Waals surface area contributed by atoms with E-state index in [0.717, 1.165) is 35.4 Å². The van der Waals surface area contributed by atoms with Gasteiger partial charge in [0, 0.05) is 31.8 Å². The van der Waals surface area contributed by atoms with Crippen LogP contribution in [0.1, 0.15) is 11.4 Å². The molecule has 0 unspecified atom stereocenters. The molecule has 3 atom stereocenters. The number of nitrogens with zero attached hydrogens (tertiary/aromatic N) is 4. The Hall–Kier alpha value is -2.06. The number of ether oxygens (including phenoxy) is 1. The average Bonchev–Trinajstić information content (AvgIpc) is 3.23. The molecule has 4 rings (SSSR count). The molecule has 2 fully saturated rings. The molecule has 0 saturated carbocycles. The summed E-state index contributed by atoms with van der Waals surface area (Å²) >= 11 is 1.55. The summed E-state index contributed by atoms with van der Waals surface area (Å²) in [5.41, 5.74) is 0.724. The lowest BCUT2D eigenvalue weighted by molar-refractivity contribution is -0.122. The van der Waals surface area contributed by atoms with E-state index in [1.165, 1.54) is 0 Å². The molecule has 4 heterocycles. The molecule has 7 nitrogen and oxygen atoms in total. The number of rotatable bonds is 3. The van der Waals surface area contributed by atoms with Gasteiger partial charge in [-0.15, -0.1) is 10.2 Å². The van der Waals surface area contributed by atoms with Gasteiger partial charge in [0.2, 0.25) is 11.0 Å². The highest BCUT2D eigenvalue weighted by atomic mass is 32.1. The summed E-state index contributed by atoms with van der Waals surface area (Å²) in [5, 5.41) is 13.1. The van der Waals surface area contributed by atoms with Crippen LogP contribution in [0, 0.1) is 18.8 Å². The number of hydrogen-bond donors (Lipinski definition) is 1. The molecular weight excluding hydrogens is 326 g/mol. The van der Waals surface area contributed by atoms with Crippen LogP contribution >= 0.6 is 11.3 Å². The van der Waals surface area contributed by atoms with Gasteiger partial charge in [-0.1, -0.05) is 11.3 Å². The van der Waals surface area contributed by atoms with Crippen molar-refractivity contribution in [3.8, 4) is 0 Å². The summed E-state index contributed by atoms with van der Waals surface area (Å²) in [6, 6.07) is 3.66. The maximum atomic E-state index is 12.8. The van der Waals surface area contributed by atoms with Crippen molar-refractivity contribution in [2.75, 3.05) is 29.9 Å². The Morgan fingerprint density at radius 2 is 2.33 bits per heavy atom. The summed E-state index contributed by atoms with van der Waals surface area (Å²) in [6.45, 7) is 4.07. The van der Waals surface area contributed by atoms with Crippen molar-refractivity contribution < 1.29 is 9.53 Å². The number of carbonyl (C=O) groups excluding carboxylic acids is 1. The van der Waals surface area contributed by atoms with Gasteiger partial charge >= 0.3 is 0 Å². The minimum absolute atomic E-state index is 0.0226. The van der Waals surface area contributed by atoms with Crippen molar-refractivity contribution in [2.45, 2.75) is 19.4 Å². The van der Waals surface area contributed by atoms with E-state index in [-0.39, 0.29) is 23.8 Å². The maximum Gasteiger partial charge on any atom is 0.229 e. The van der Waals surface area contributed by atoms with Crippen LogP contribution < -0.4 is 10.2 Å². The summed E-state index contributed by atoms with van der Waals surface area (Å²) in [5.74, 6) is 0.150. The number of hydrogen-bond acceptors (Lipinski definition) is 7. The zero-order valence-electron chi connectivity index (χ0n) is 13.4. The number of aryl methyl sites for hydroxylation is 1. The number of amides is 1. The molecule has 2 aliphatic rings. The predicted molar refractivity (Wildman–Crippen MR) is 91.1 cm³/mol. The first-order chi connectivity index (χ1) is 11.7. The van der Waals surface area contributed by atoms with E-state index in [1.807, 2.05) is 19.1 Å². The van der Waals surface area contributed by atoms with E-state index in [0.29, 0.717) is 6.54 Å². The molecular formula is C16H19N5O2S. The van der Waals surface area contributed by atoms with Gasteiger partial charge in [-0.3, -0.25) is 9.78 Å². The van der Waals surface area contributed by atoms with Gasteiger partial charge in [0.1, 0.15) is 5.01 Å². The van der Waals surface area contributed by atoms with Gasteiger partial charge in [-0.2, -0.15) is 0 Å². The standard InChI is InChI=1S/C16H19N5O2S/c1-10-19-20-16(24-10)21-8-13(12-4-6-23-14(12)9-21)15(22)18-11-3-2-5-17-7-11/h2-3,5,7,12-14H,4,6,8-9H2,1H3,(H,18,22)/t12-,13-,14+/m0/s1. The zero-order valence-corrected chi connectivity index (χ0v) is 14.2. The fourth-order valence-electron chi connectivity index (χ4n) is 3.50. The lowest BCUT2D eigenvalue weighted by Gasteiger charge is -2.38. The van der Waals surface area contributed by atoms with Crippen LogP contribution in [-0.2, 0) is 9.53 Å². The zero-order chi connectivity index (χ0) is 16.5. The predicted octanol–water partition coefficient (Wildman–Crippen LogP) is 1.72. The third kappa shape index (κ3) is 2.99. The van der Waals surface area contributed by atoms with Gasteiger partial charge in [0.25, 0.3) is 0 Å². The monoisotopic (exact) mass is 345 g/mol. The summed E-state index contributed by atoms with van der Waals surface area (Å²) in [7, 11) is 0. The quantitative estimate of drug-likeness (QED) is 0.912. The number of nitrogens with one attached hydrogen (secondary N) is 1. The Balaban J connectivity index is 1.54. The number of carbonyl (C=O) groups is 1. The van der Waals surface area contributed by atoms with Gasteiger partial charge in [0.05, 0.1) is 23.9 Å². The number of fused-ring (bicyclic) bond motifs is 1. The van der Waals surface area contributed by atoms with Crippen LogP contribution in [0.4, 0.5) is 10.8 Å². The van der Waals surface area contributed by atoms with E-state index in [4.69, 9.17) is 4.74 Å². The second-order valence-corrected chi connectivity index (χ2v) is 7.37. The molecule has 0 radical (unpaired) electrons. The summed E-state index contributed by atoms with van der Waals surface area (Å²) in [4.78, 5) is 19.0. The lowest BCUT2D eigenvalue weighted by atomic mass is 9.82. The Labute approximate surface area is 144 Å². The largest absolute Gasteiger partial charge is 0.376 e. The number of piperidine rings is 1. The van der Waals surface area contributed by atoms with Gasteiger partial charge in [-0.25, -0.2) is 0 Å². The molecule has 2 aliphatic heterocycles. The number of pyridine rings is 1. The van der Waals surface area contributed by atoms with Gasteiger partial charge in [0.15, 0.2) is 0 Å². The van der Waals surface area contributed by atoms with Gasteiger partial charge in [-0.05, 0) is 25.5 Å². The van der Waals surface area contributed by atoms with Crippen molar-refractivity contribution in [2.24, 2.45) is 11.8 Å². The Morgan fingerprint density at radius 3 is 3.08 bits per heavy atom. The van der Waals surface area contributed by atoms with E-state index < -0.39 is 0 Å². The molecule has 0 spiro atoms. The molecule has 24 heavy (non-hydrogen) atoms. The molecule has 2 aromatic heterocycles. The first-order valence-corrected chi connectivity index (χ1v) is 8.90. The van der Waals surface area contributed by atoms with Crippen LogP contribution in [0.3, 0.4) is 0 Å². The molecule has 1 amide bonds. The lowest BCUT2D eigenvalue weighted by Crippen LogP contribution is -2.51. The third-order valence-electron chi connectivity index (χ3n) is 4.65. The van der Waals surface area contributed by atoms with Crippen LogP contribution in [0.15, 0.2) is 24.5 Å². The minimum atomic E-state index is -0.129. The van der Waals surface area contributed by atoms with Crippen LogP contribution in [0.2, 0.25) is 0 Å². The van der Waals surface area contributed by atoms with Crippen LogP contribution in [0.5, 0.6) is 0 Å². The highest BCUT2D eigenvalue weighted by Crippen LogP contribution is 2.36. The topological polar surface area (TPSA) is 80.2 Å². The first-order valence-electron chi connectivity index (χ1n) is 8.08. The van der Waals surface area contributed by atoms with E-state index in [2.05, 4.69) is 25.4 Å². The molecule has 2 saturated heterocycles. The van der Waals surface area contributed by atoms with Crippen molar-refractivity contribution in [1.82, 2.24) is 15.2 Å². The number of aromatic nitrogens is 3. The first kappa shape index (κ1) is 15.5. The normalized spacial score (nSPS) is 26.2. The molecule has 0 aromatic carbocycles. The molecule has 2 aromatic rings. The van der Waals surface area contributed by atoms with Crippen molar-refractivity contribution in [3.63, 3.8) is 0 Å². The van der Waals surface area contributed by atoms with E-state index >= 15 is 0 Å². The molecule has 126 valence electrons. The minimum Gasteiger partial charge on any atom is -0.376 e. The molecule has 8 heteroatoms. The average molecular weight is 345 g/mol. The van der Waals surface area contributed by atoms with E-state index in [9.17, 15) is 4.79 Å². The Kier molecular flexibility index (Phi) is 4.15. The van der Waals surface area contributed by atoms with Crippen molar-refractivity contribution >= 4 is 28.1 Å². The smallest absolute Gasteiger partial charge is 0.229 e. The second kappa shape index (κ2) is 6.45. The fourth-order valence-corrected chi connectivity index (χ4v) is 4.20. The summed E-state index contributed by atoms with van der Waals surface area (Å²) < 4.78 is 5.87. The maximum absolute atomic E-state index is 12.8. The van der Waals surface area contributed by atoms with E-state index in [1.54, 1.807) is 23.7 Å². The molecule has 0 aliphatic carbocycles. The third-order valence-corrected chi connectivity index (χ3v) is 5.55. The van der Waals surface area contributed by atoms with Crippen molar-refractivity contribution in [3.05, 3.63) is 29.5 Å². The van der Waals surface area contributed by atoms with Crippen molar-refractivity contribution in [1.29, 1.82) is 0 Å².